The SMILES string of the molecule is CC(=O)Nc1ccc(NC(=O)N(S)c2ccc(Oc3cc(Cl)c(Cl)cc3S(=O)(=O)O)c(Cl)c2)cc1. The van der Waals surface area contributed by atoms with Crippen molar-refractivity contribution in [2.24, 2.45) is 0 Å². The normalized spacial score (nSPS) is 11.0. The monoisotopic (exact) mass is 575 g/mol. The molecule has 3 rings (SSSR count). The Kier molecular flexibility index (Phi) is 8.42. The summed E-state index contributed by atoms with van der Waals surface area (Å²) in [5.74, 6) is -0.518. The maximum atomic E-state index is 12.6. The Bertz CT molecular complexity index is 1400. The lowest BCUT2D eigenvalue weighted by molar-refractivity contribution is -0.114. The van der Waals surface area contributed by atoms with Crippen molar-refractivity contribution in [2.45, 2.75) is 11.8 Å². The largest absolute Gasteiger partial charge is 0.454 e. The van der Waals surface area contributed by atoms with Crippen molar-refractivity contribution in [2.75, 3.05) is 14.9 Å². The van der Waals surface area contributed by atoms with Gasteiger partial charge in [-0.05, 0) is 48.5 Å². The third-order valence-electron chi connectivity index (χ3n) is 4.29. The van der Waals surface area contributed by atoms with Crippen molar-refractivity contribution < 1.29 is 27.3 Å². The van der Waals surface area contributed by atoms with E-state index in [9.17, 15) is 22.6 Å². The van der Waals surface area contributed by atoms with Gasteiger partial charge in [0, 0.05) is 24.4 Å². The molecule has 0 heterocycles. The maximum absolute atomic E-state index is 12.6. The topological polar surface area (TPSA) is 125 Å². The molecule has 0 atom stereocenters. The number of nitrogens with one attached hydrogen (secondary N) is 2. The van der Waals surface area contributed by atoms with E-state index in [1.54, 1.807) is 24.3 Å². The van der Waals surface area contributed by atoms with Gasteiger partial charge in [-0.25, -0.2) is 9.10 Å². The van der Waals surface area contributed by atoms with E-state index in [1.165, 1.54) is 25.1 Å². The predicted octanol–water partition coefficient (Wildman–Crippen LogP) is 6.53. The third-order valence-corrected chi connectivity index (χ3v) is 6.60. The molecule has 0 bridgehead atoms. The van der Waals surface area contributed by atoms with Crippen LogP contribution < -0.4 is 19.7 Å². The minimum Gasteiger partial charge on any atom is -0.454 e. The number of ether oxygens (including phenoxy) is 1. The molecule has 0 spiro atoms. The summed E-state index contributed by atoms with van der Waals surface area (Å²) < 4.78 is 39.4. The molecule has 0 aliphatic rings. The lowest BCUT2D eigenvalue weighted by atomic mass is 10.2. The van der Waals surface area contributed by atoms with Crippen LogP contribution in [0.4, 0.5) is 21.9 Å². The second kappa shape index (κ2) is 10.9. The number of carbonyl (C=O) groups excluding carboxylic acids is 2. The van der Waals surface area contributed by atoms with Gasteiger partial charge in [0.1, 0.15) is 16.4 Å². The first-order chi connectivity index (χ1) is 16.3. The number of hydrogen-bond donors (Lipinski definition) is 4. The number of halogens is 3. The number of anilines is 3. The number of thiol groups is 1. The van der Waals surface area contributed by atoms with E-state index in [0.717, 1.165) is 16.4 Å². The Labute approximate surface area is 221 Å². The Morgan fingerprint density at radius 1 is 0.886 bits per heavy atom. The van der Waals surface area contributed by atoms with Crippen molar-refractivity contribution in [1.82, 2.24) is 0 Å². The van der Waals surface area contributed by atoms with Crippen LogP contribution in [0.15, 0.2) is 59.5 Å². The van der Waals surface area contributed by atoms with Crippen molar-refractivity contribution in [3.8, 4) is 11.5 Å². The number of nitrogens with zero attached hydrogens (tertiary/aromatic N) is 1. The van der Waals surface area contributed by atoms with Crippen LogP contribution >= 0.6 is 47.6 Å². The van der Waals surface area contributed by atoms with E-state index in [-0.39, 0.29) is 38.2 Å². The van der Waals surface area contributed by atoms with Crippen LogP contribution in [0.1, 0.15) is 6.92 Å². The molecule has 0 fully saturated rings. The summed E-state index contributed by atoms with van der Waals surface area (Å²) in [5.41, 5.74) is 1.29. The van der Waals surface area contributed by atoms with Crippen LogP contribution in [-0.2, 0) is 14.9 Å². The molecule has 184 valence electrons. The molecule has 3 aromatic carbocycles. The Morgan fingerprint density at radius 2 is 1.46 bits per heavy atom. The highest BCUT2D eigenvalue weighted by atomic mass is 35.5. The average molecular weight is 577 g/mol. The van der Waals surface area contributed by atoms with Gasteiger partial charge in [0.05, 0.1) is 20.8 Å². The third kappa shape index (κ3) is 6.94. The lowest BCUT2D eigenvalue weighted by Crippen LogP contribution is -2.26. The van der Waals surface area contributed by atoms with E-state index < -0.39 is 21.0 Å². The summed E-state index contributed by atoms with van der Waals surface area (Å²) in [6.45, 7) is 1.38. The lowest BCUT2D eigenvalue weighted by Gasteiger charge is -2.18. The number of hydrogen-bond acceptors (Lipinski definition) is 6. The zero-order valence-electron chi connectivity index (χ0n) is 17.6. The van der Waals surface area contributed by atoms with Crippen LogP contribution in [0.3, 0.4) is 0 Å². The highest BCUT2D eigenvalue weighted by Crippen LogP contribution is 2.39. The fraction of sp³-hybridized carbons (Fsp3) is 0.0476. The quantitative estimate of drug-likeness (QED) is 0.195. The zero-order chi connectivity index (χ0) is 25.9. The molecule has 9 nitrogen and oxygen atoms in total. The van der Waals surface area contributed by atoms with Crippen LogP contribution in [-0.4, -0.2) is 24.9 Å². The van der Waals surface area contributed by atoms with Crippen LogP contribution in [0.5, 0.6) is 11.5 Å². The summed E-state index contributed by atoms with van der Waals surface area (Å²) in [6.07, 6.45) is 0. The van der Waals surface area contributed by atoms with Crippen molar-refractivity contribution >= 4 is 86.7 Å². The predicted molar refractivity (Wildman–Crippen MR) is 139 cm³/mol. The highest BCUT2D eigenvalue weighted by Gasteiger charge is 2.21. The second-order valence-electron chi connectivity index (χ2n) is 6.91. The van der Waals surface area contributed by atoms with Gasteiger partial charge in [-0.1, -0.05) is 47.6 Å². The molecule has 0 aliphatic carbocycles. The standard InChI is InChI=1S/C21H16Cl3N3O6S2/c1-11(28)25-12-2-4-13(5-3-12)26-21(29)27(34)14-6-7-18(17(24)8-14)33-19-9-15(22)16(23)10-20(19)35(30,31)32/h2-10,34H,1H3,(H,25,28)(H,26,29)(H,30,31,32). The molecule has 14 heteroatoms. The van der Waals surface area contributed by atoms with Crippen molar-refractivity contribution in [3.63, 3.8) is 0 Å². The van der Waals surface area contributed by atoms with E-state index in [4.69, 9.17) is 39.5 Å². The first-order valence-corrected chi connectivity index (χ1v) is 12.4. The van der Waals surface area contributed by atoms with E-state index in [2.05, 4.69) is 23.4 Å². The van der Waals surface area contributed by atoms with Gasteiger partial charge < -0.3 is 15.4 Å². The minimum atomic E-state index is -4.68. The maximum Gasteiger partial charge on any atom is 0.336 e. The molecule has 35 heavy (non-hydrogen) atoms. The average Bonchev–Trinajstić information content (AvgIpc) is 2.77. The number of rotatable bonds is 6. The highest BCUT2D eigenvalue weighted by molar-refractivity contribution is 7.86. The first-order valence-electron chi connectivity index (χ1n) is 9.46. The van der Waals surface area contributed by atoms with E-state index >= 15 is 0 Å². The van der Waals surface area contributed by atoms with Gasteiger partial charge in [0.2, 0.25) is 5.91 Å². The van der Waals surface area contributed by atoms with E-state index in [0.29, 0.717) is 11.4 Å². The molecule has 0 aromatic heterocycles. The Hall–Kier alpha value is -2.67. The van der Waals surface area contributed by atoms with Gasteiger partial charge >= 0.3 is 6.03 Å². The Morgan fingerprint density at radius 3 is 2.00 bits per heavy atom. The van der Waals surface area contributed by atoms with Crippen molar-refractivity contribution in [1.29, 1.82) is 0 Å². The molecule has 3 N–H and O–H groups in total. The molecule has 0 saturated carbocycles. The van der Waals surface area contributed by atoms with E-state index in [1.807, 2.05) is 0 Å². The van der Waals surface area contributed by atoms with Gasteiger partial charge in [0.25, 0.3) is 10.1 Å². The number of amides is 3. The molecular weight excluding hydrogens is 561 g/mol. The molecule has 0 aliphatic heterocycles. The molecule has 0 radical (unpaired) electrons. The smallest absolute Gasteiger partial charge is 0.336 e. The molecule has 3 aromatic rings. The summed E-state index contributed by atoms with van der Waals surface area (Å²) in [5, 5.41) is 5.14. The number of urea groups is 1. The van der Waals surface area contributed by atoms with Gasteiger partial charge in [-0.15, -0.1) is 0 Å². The molecule has 0 unspecified atom stereocenters. The fourth-order valence-corrected chi connectivity index (χ4v) is 4.14. The van der Waals surface area contributed by atoms with Crippen molar-refractivity contribution in [3.05, 3.63) is 69.7 Å². The summed E-state index contributed by atoms with van der Waals surface area (Å²) in [6, 6.07) is 12.0. The second-order valence-corrected chi connectivity index (χ2v) is 9.92. The van der Waals surface area contributed by atoms with Gasteiger partial charge in [-0.2, -0.15) is 8.42 Å². The Balaban J connectivity index is 1.77. The van der Waals surface area contributed by atoms with Crippen LogP contribution in [0.25, 0.3) is 0 Å². The molecule has 3 amide bonds. The summed E-state index contributed by atoms with van der Waals surface area (Å²) in [7, 11) is -4.68. The first kappa shape index (κ1) is 26.9. The number of benzene rings is 3. The minimum absolute atomic E-state index is 0.00127. The molecular formula is C21H16Cl3N3O6S2. The summed E-state index contributed by atoms with van der Waals surface area (Å²) in [4.78, 5) is 23.1. The van der Waals surface area contributed by atoms with Gasteiger partial charge in [-0.3, -0.25) is 9.35 Å². The van der Waals surface area contributed by atoms with Gasteiger partial charge in [0.15, 0.2) is 0 Å². The number of carbonyl (C=O) groups is 2. The fourth-order valence-electron chi connectivity index (χ4n) is 2.75. The molecule has 0 saturated heterocycles. The van der Waals surface area contributed by atoms with Crippen LogP contribution in [0, 0.1) is 0 Å². The zero-order valence-corrected chi connectivity index (χ0v) is 21.6. The summed E-state index contributed by atoms with van der Waals surface area (Å²) >= 11 is 22.2. The van der Waals surface area contributed by atoms with Crippen LogP contribution in [0.2, 0.25) is 15.1 Å².